The smallest absolute Gasteiger partial charge is 0.344 e. The molecular formula is C19H28NO5+. The van der Waals surface area contributed by atoms with Crippen molar-refractivity contribution in [2.75, 3.05) is 0 Å². The van der Waals surface area contributed by atoms with Gasteiger partial charge in [0.15, 0.2) is 18.5 Å². The van der Waals surface area contributed by atoms with Gasteiger partial charge in [-0.25, -0.2) is 4.79 Å². The fourth-order valence-corrected chi connectivity index (χ4v) is 3.03. The highest BCUT2D eigenvalue weighted by Crippen LogP contribution is 2.34. The molecule has 0 bridgehead atoms. The topological polar surface area (TPSA) is 65.7 Å². The van der Waals surface area contributed by atoms with Crippen molar-refractivity contribution in [2.45, 2.75) is 72.0 Å². The van der Waals surface area contributed by atoms with E-state index in [1.165, 1.54) is 6.92 Å². The molecule has 0 N–H and O–H groups in total. The molecule has 1 aliphatic heterocycles. The van der Waals surface area contributed by atoms with Crippen molar-refractivity contribution in [2.24, 2.45) is 5.92 Å². The predicted molar refractivity (Wildman–Crippen MR) is 90.7 cm³/mol. The number of pyridine rings is 1. The fraction of sp³-hybridized carbons (Fsp3) is 0.632. The van der Waals surface area contributed by atoms with Crippen molar-refractivity contribution in [3.63, 3.8) is 0 Å². The third kappa shape index (κ3) is 4.78. The number of ether oxygens (including phenoxy) is 3. The summed E-state index contributed by atoms with van der Waals surface area (Å²) in [5, 5.41) is 0. The second-order valence-corrected chi connectivity index (χ2v) is 7.45. The van der Waals surface area contributed by atoms with Gasteiger partial charge in [0.2, 0.25) is 0 Å². The summed E-state index contributed by atoms with van der Waals surface area (Å²) in [6, 6.07) is 3.46. The molecule has 0 amide bonds. The molecule has 1 aliphatic rings. The maximum Gasteiger partial charge on any atom is 0.344 e. The second kappa shape index (κ2) is 7.52. The molecule has 138 valence electrons. The number of hydrogen-bond acceptors (Lipinski definition) is 5. The lowest BCUT2D eigenvalue weighted by atomic mass is 9.98. The first-order valence-electron chi connectivity index (χ1n) is 8.69. The van der Waals surface area contributed by atoms with E-state index in [1.807, 2.05) is 34.6 Å². The van der Waals surface area contributed by atoms with Gasteiger partial charge >= 0.3 is 18.2 Å². The van der Waals surface area contributed by atoms with Crippen LogP contribution in [0.2, 0.25) is 0 Å². The number of esters is 2. The van der Waals surface area contributed by atoms with E-state index in [0.29, 0.717) is 5.56 Å². The number of carbonyl (C=O) groups is 2. The van der Waals surface area contributed by atoms with Crippen LogP contribution in [0.1, 0.15) is 64.5 Å². The van der Waals surface area contributed by atoms with Crippen LogP contribution in [0.25, 0.3) is 0 Å². The van der Waals surface area contributed by atoms with Gasteiger partial charge in [-0.1, -0.05) is 13.8 Å². The van der Waals surface area contributed by atoms with Gasteiger partial charge in [-0.3, -0.25) is 4.79 Å². The number of hydrogen-bond donors (Lipinski definition) is 0. The molecule has 1 fully saturated rings. The largest absolute Gasteiger partial charge is 0.456 e. The lowest BCUT2D eigenvalue weighted by Crippen LogP contribution is -2.46. The molecule has 0 aliphatic carbocycles. The van der Waals surface area contributed by atoms with Crippen LogP contribution in [-0.2, 0) is 19.0 Å². The van der Waals surface area contributed by atoms with Crippen molar-refractivity contribution in [1.82, 2.24) is 0 Å². The highest BCUT2D eigenvalue weighted by atomic mass is 16.6. The summed E-state index contributed by atoms with van der Waals surface area (Å²) in [5.41, 5.74) is -0.140. The molecule has 6 heteroatoms. The van der Waals surface area contributed by atoms with Crippen LogP contribution in [-0.4, -0.2) is 29.7 Å². The number of carbonyl (C=O) groups excluding carboxylic acids is 2. The Kier molecular flexibility index (Phi) is 5.83. The van der Waals surface area contributed by atoms with Crippen LogP contribution in [0, 0.1) is 5.92 Å². The van der Waals surface area contributed by atoms with E-state index in [-0.39, 0.29) is 18.0 Å². The molecule has 0 saturated carbocycles. The molecule has 1 aromatic heterocycles. The van der Waals surface area contributed by atoms with Crippen LogP contribution in [0.15, 0.2) is 24.5 Å². The van der Waals surface area contributed by atoms with Crippen molar-refractivity contribution in [1.29, 1.82) is 0 Å². The molecule has 2 heterocycles. The normalized spacial score (nSPS) is 26.3. The number of rotatable bonds is 4. The minimum Gasteiger partial charge on any atom is -0.456 e. The highest BCUT2D eigenvalue weighted by molar-refractivity contribution is 5.88. The number of aromatic nitrogens is 1. The molecule has 1 aromatic rings. The summed E-state index contributed by atoms with van der Waals surface area (Å²) in [5.74, 6) is -0.674. The third-order valence-electron chi connectivity index (χ3n) is 4.15. The molecule has 0 spiro atoms. The first-order chi connectivity index (χ1) is 11.6. The Morgan fingerprint density at radius 3 is 2.56 bits per heavy atom. The summed E-state index contributed by atoms with van der Waals surface area (Å²) >= 11 is 0. The van der Waals surface area contributed by atoms with Crippen molar-refractivity contribution in [3.05, 3.63) is 30.1 Å². The van der Waals surface area contributed by atoms with Gasteiger partial charge in [-0.2, -0.15) is 4.57 Å². The van der Waals surface area contributed by atoms with Gasteiger partial charge < -0.3 is 14.2 Å². The van der Waals surface area contributed by atoms with Gasteiger partial charge in [0.1, 0.15) is 11.2 Å². The van der Waals surface area contributed by atoms with Crippen LogP contribution < -0.4 is 4.57 Å². The van der Waals surface area contributed by atoms with E-state index in [4.69, 9.17) is 14.2 Å². The third-order valence-corrected chi connectivity index (χ3v) is 4.15. The average Bonchev–Trinajstić information content (AvgIpc) is 2.82. The van der Waals surface area contributed by atoms with Gasteiger partial charge in [0.25, 0.3) is 0 Å². The Hall–Kier alpha value is -1.95. The molecule has 4 atom stereocenters. The van der Waals surface area contributed by atoms with E-state index in [1.54, 1.807) is 29.1 Å². The van der Waals surface area contributed by atoms with Crippen LogP contribution in [0.3, 0.4) is 0 Å². The van der Waals surface area contributed by atoms with Gasteiger partial charge in [0.05, 0.1) is 6.10 Å². The maximum absolute atomic E-state index is 12.3. The zero-order valence-corrected chi connectivity index (χ0v) is 15.8. The first kappa shape index (κ1) is 19.4. The Labute approximate surface area is 149 Å². The van der Waals surface area contributed by atoms with Crippen molar-refractivity contribution >= 4 is 11.9 Å². The van der Waals surface area contributed by atoms with Gasteiger partial charge in [-0.05, 0) is 33.3 Å². The quantitative estimate of drug-likeness (QED) is 0.617. The SMILES string of the molecule is CC[C@H]1O[C@@H]([n+]2cccc(C(=O)OC(C)(C)C)c2)[C@H](OC(C)=O)[C@@H]1C. The Balaban J connectivity index is 2.28. The lowest BCUT2D eigenvalue weighted by Gasteiger charge is -2.19. The summed E-state index contributed by atoms with van der Waals surface area (Å²) in [6.45, 7) is 10.9. The highest BCUT2D eigenvalue weighted by Gasteiger charge is 2.49. The lowest BCUT2D eigenvalue weighted by molar-refractivity contribution is -0.765. The molecule has 0 radical (unpaired) electrons. The monoisotopic (exact) mass is 350 g/mol. The van der Waals surface area contributed by atoms with E-state index in [2.05, 4.69) is 0 Å². The van der Waals surface area contributed by atoms with E-state index >= 15 is 0 Å². The summed E-state index contributed by atoms with van der Waals surface area (Å²) in [6.07, 6.45) is 3.43. The van der Waals surface area contributed by atoms with E-state index in [9.17, 15) is 9.59 Å². The second-order valence-electron chi connectivity index (χ2n) is 7.45. The predicted octanol–water partition coefficient (Wildman–Crippen LogP) is 2.80. The standard InChI is InChI=1S/C19H28NO5/c1-7-15-12(2)16(23-13(3)21)17(24-15)20-10-8-9-14(11-20)18(22)25-19(4,5)6/h8-12,15-17H,7H2,1-6H3/q+1/t12-,15-,16-,17-/m1/s1. The Bertz CT molecular complexity index is 637. The van der Waals surface area contributed by atoms with Crippen LogP contribution in [0.5, 0.6) is 0 Å². The molecule has 0 aromatic carbocycles. The summed E-state index contributed by atoms with van der Waals surface area (Å²) in [7, 11) is 0. The molecule has 2 rings (SSSR count). The van der Waals surface area contributed by atoms with E-state index in [0.717, 1.165) is 6.42 Å². The van der Waals surface area contributed by atoms with Crippen molar-refractivity contribution < 1.29 is 28.4 Å². The maximum atomic E-state index is 12.3. The molecule has 1 saturated heterocycles. The van der Waals surface area contributed by atoms with Gasteiger partial charge in [0, 0.05) is 18.9 Å². The van der Waals surface area contributed by atoms with E-state index < -0.39 is 23.9 Å². The minimum absolute atomic E-state index is 0.00738. The minimum atomic E-state index is -0.566. The molecule has 0 unspecified atom stereocenters. The summed E-state index contributed by atoms with van der Waals surface area (Å²) < 4.78 is 18.8. The Morgan fingerprint density at radius 1 is 1.32 bits per heavy atom. The molecule has 25 heavy (non-hydrogen) atoms. The zero-order valence-electron chi connectivity index (χ0n) is 15.8. The molecule has 6 nitrogen and oxygen atoms in total. The van der Waals surface area contributed by atoms with Crippen LogP contribution >= 0.6 is 0 Å². The zero-order chi connectivity index (χ0) is 18.8. The number of nitrogens with zero attached hydrogens (tertiary/aromatic N) is 1. The van der Waals surface area contributed by atoms with Gasteiger partial charge in [-0.15, -0.1) is 0 Å². The van der Waals surface area contributed by atoms with Crippen molar-refractivity contribution in [3.8, 4) is 0 Å². The van der Waals surface area contributed by atoms with Crippen LogP contribution in [0.4, 0.5) is 0 Å². The summed E-state index contributed by atoms with van der Waals surface area (Å²) in [4.78, 5) is 23.8. The fourth-order valence-electron chi connectivity index (χ4n) is 3.03. The Morgan fingerprint density at radius 2 is 2.00 bits per heavy atom. The molecular weight excluding hydrogens is 322 g/mol. The average molecular weight is 350 g/mol. The first-order valence-corrected chi connectivity index (χ1v) is 8.69.